The lowest BCUT2D eigenvalue weighted by Crippen LogP contribution is -2.54. The highest BCUT2D eigenvalue weighted by Gasteiger charge is 2.37. The molecule has 2 aromatic carbocycles. The van der Waals surface area contributed by atoms with E-state index < -0.39 is 36.0 Å². The molecule has 3 N–H and O–H groups in total. The number of amides is 2. The Morgan fingerprint density at radius 2 is 1.64 bits per heavy atom. The number of hydrogen-bond acceptors (Lipinski definition) is 5. The Hall–Kier alpha value is -3.39. The van der Waals surface area contributed by atoms with Crippen molar-refractivity contribution in [3.8, 4) is 11.1 Å². The molecule has 2 aromatic rings. The molecule has 0 spiro atoms. The average Bonchev–Trinajstić information content (AvgIpc) is 3.38. The van der Waals surface area contributed by atoms with Crippen LogP contribution in [0.4, 0.5) is 4.79 Å². The van der Waals surface area contributed by atoms with Crippen molar-refractivity contribution >= 4 is 18.0 Å². The number of carbonyl (C=O) groups excluding carboxylic acids is 2. The number of hydrogen-bond donors (Lipinski definition) is 3. The predicted octanol–water partition coefficient (Wildman–Crippen LogP) is 2.77. The summed E-state index contributed by atoms with van der Waals surface area (Å²) >= 11 is 0. The van der Waals surface area contributed by atoms with E-state index in [1.54, 1.807) is 13.8 Å². The van der Waals surface area contributed by atoms with Crippen LogP contribution in [0, 0.1) is 11.8 Å². The fourth-order valence-corrected chi connectivity index (χ4v) is 4.51. The Labute approximate surface area is 192 Å². The van der Waals surface area contributed by atoms with Crippen molar-refractivity contribution in [1.29, 1.82) is 0 Å². The second-order valence-corrected chi connectivity index (χ2v) is 8.79. The number of nitrogens with one attached hydrogen (secondary N) is 2. The first kappa shape index (κ1) is 22.8. The first-order valence-corrected chi connectivity index (χ1v) is 11.1. The van der Waals surface area contributed by atoms with Crippen molar-refractivity contribution in [1.82, 2.24) is 10.6 Å². The summed E-state index contributed by atoms with van der Waals surface area (Å²) in [6, 6.07) is 14.6. The van der Waals surface area contributed by atoms with Gasteiger partial charge in [-0.05, 0) is 28.2 Å². The van der Waals surface area contributed by atoms with Crippen LogP contribution in [0.3, 0.4) is 0 Å². The number of carboxylic acid groups (broad SMARTS) is 1. The number of carboxylic acids is 1. The van der Waals surface area contributed by atoms with Gasteiger partial charge in [-0.1, -0.05) is 62.4 Å². The molecule has 33 heavy (non-hydrogen) atoms. The van der Waals surface area contributed by atoms with Gasteiger partial charge in [0.15, 0.2) is 0 Å². The maximum absolute atomic E-state index is 12.8. The lowest BCUT2D eigenvalue weighted by atomic mass is 9.98. The minimum atomic E-state index is -1.02. The van der Waals surface area contributed by atoms with Crippen LogP contribution in [0.25, 0.3) is 11.1 Å². The van der Waals surface area contributed by atoms with Crippen LogP contribution < -0.4 is 10.6 Å². The topological polar surface area (TPSA) is 114 Å². The van der Waals surface area contributed by atoms with Crippen LogP contribution in [0.5, 0.6) is 0 Å². The van der Waals surface area contributed by atoms with E-state index in [4.69, 9.17) is 9.47 Å². The second-order valence-electron chi connectivity index (χ2n) is 8.79. The summed E-state index contributed by atoms with van der Waals surface area (Å²) < 4.78 is 10.7. The molecule has 1 aliphatic heterocycles. The quantitative estimate of drug-likeness (QED) is 0.595. The standard InChI is InChI=1S/C25H28N2O6/c1-14(2)22(23(28)26-21-13-32-11-20(21)24(29)30)27-25(31)33-12-19-17-9-5-3-7-15(17)16-8-4-6-10-18(16)19/h3-10,14,19-22H,11-13H2,1-2H3,(H,26,28)(H,27,31)(H,29,30)/t20?,21?,22-/m0/s1. The Bertz CT molecular complexity index is 1010. The van der Waals surface area contributed by atoms with Gasteiger partial charge in [-0.2, -0.15) is 0 Å². The lowest BCUT2D eigenvalue weighted by Gasteiger charge is -2.24. The van der Waals surface area contributed by atoms with E-state index in [1.165, 1.54) is 0 Å². The maximum atomic E-state index is 12.8. The highest BCUT2D eigenvalue weighted by atomic mass is 16.5. The molecule has 2 unspecified atom stereocenters. The first-order chi connectivity index (χ1) is 15.9. The van der Waals surface area contributed by atoms with Crippen molar-refractivity contribution in [2.75, 3.05) is 19.8 Å². The van der Waals surface area contributed by atoms with Gasteiger partial charge in [0.1, 0.15) is 18.6 Å². The number of carbonyl (C=O) groups is 3. The molecule has 8 nitrogen and oxygen atoms in total. The van der Waals surface area contributed by atoms with E-state index in [0.717, 1.165) is 22.3 Å². The van der Waals surface area contributed by atoms with Gasteiger partial charge >= 0.3 is 12.1 Å². The predicted molar refractivity (Wildman–Crippen MR) is 121 cm³/mol. The van der Waals surface area contributed by atoms with Gasteiger partial charge < -0.3 is 25.2 Å². The monoisotopic (exact) mass is 452 g/mol. The van der Waals surface area contributed by atoms with Gasteiger partial charge in [-0.3, -0.25) is 9.59 Å². The molecule has 0 aromatic heterocycles. The Morgan fingerprint density at radius 1 is 1.03 bits per heavy atom. The molecule has 0 saturated carbocycles. The molecule has 0 radical (unpaired) electrons. The summed E-state index contributed by atoms with van der Waals surface area (Å²) in [5.74, 6) is -2.60. The fourth-order valence-electron chi connectivity index (χ4n) is 4.51. The largest absolute Gasteiger partial charge is 0.481 e. The van der Waals surface area contributed by atoms with Crippen molar-refractivity contribution in [3.63, 3.8) is 0 Å². The molecular formula is C25H28N2O6. The molecule has 2 aliphatic rings. The van der Waals surface area contributed by atoms with Gasteiger partial charge in [0.05, 0.1) is 19.3 Å². The summed E-state index contributed by atoms with van der Waals surface area (Å²) in [6.07, 6.45) is -0.692. The van der Waals surface area contributed by atoms with Gasteiger partial charge in [-0.25, -0.2) is 4.79 Å². The van der Waals surface area contributed by atoms with Crippen LogP contribution >= 0.6 is 0 Å². The third kappa shape index (κ3) is 4.71. The fraction of sp³-hybridized carbons (Fsp3) is 0.400. The highest BCUT2D eigenvalue weighted by molar-refractivity contribution is 5.87. The van der Waals surface area contributed by atoms with E-state index in [0.29, 0.717) is 0 Å². The third-order valence-electron chi connectivity index (χ3n) is 6.29. The van der Waals surface area contributed by atoms with Gasteiger partial charge in [0.25, 0.3) is 0 Å². The average molecular weight is 453 g/mol. The minimum absolute atomic E-state index is 0.0480. The molecule has 174 valence electrons. The smallest absolute Gasteiger partial charge is 0.407 e. The van der Waals surface area contributed by atoms with E-state index in [1.807, 2.05) is 36.4 Å². The third-order valence-corrected chi connectivity index (χ3v) is 6.29. The summed E-state index contributed by atoms with van der Waals surface area (Å²) in [6.45, 7) is 3.91. The van der Waals surface area contributed by atoms with Crippen molar-refractivity contribution < 1.29 is 29.0 Å². The summed E-state index contributed by atoms with van der Waals surface area (Å²) in [7, 11) is 0. The van der Waals surface area contributed by atoms with Crippen LogP contribution in [-0.2, 0) is 19.1 Å². The molecule has 1 fully saturated rings. The molecule has 4 rings (SSSR count). The molecule has 1 saturated heterocycles. The number of fused-ring (bicyclic) bond motifs is 3. The number of ether oxygens (including phenoxy) is 2. The van der Waals surface area contributed by atoms with E-state index >= 15 is 0 Å². The Morgan fingerprint density at radius 3 is 2.21 bits per heavy atom. The maximum Gasteiger partial charge on any atom is 0.407 e. The van der Waals surface area contributed by atoms with E-state index in [9.17, 15) is 19.5 Å². The SMILES string of the molecule is CC(C)[C@H](NC(=O)OCC1c2ccccc2-c2ccccc21)C(=O)NC1COCC1C(=O)O. The summed E-state index contributed by atoms with van der Waals surface area (Å²) in [5, 5.41) is 14.6. The lowest BCUT2D eigenvalue weighted by molar-refractivity contribution is -0.142. The normalized spacial score (nSPS) is 20.1. The van der Waals surface area contributed by atoms with Crippen molar-refractivity contribution in [2.45, 2.75) is 31.8 Å². The molecule has 1 aliphatic carbocycles. The minimum Gasteiger partial charge on any atom is -0.481 e. The van der Waals surface area contributed by atoms with Gasteiger partial charge in [0.2, 0.25) is 5.91 Å². The van der Waals surface area contributed by atoms with E-state index in [-0.39, 0.29) is 31.7 Å². The molecular weight excluding hydrogens is 424 g/mol. The van der Waals surface area contributed by atoms with Gasteiger partial charge in [0, 0.05) is 5.92 Å². The van der Waals surface area contributed by atoms with E-state index in [2.05, 4.69) is 22.8 Å². The summed E-state index contributed by atoms with van der Waals surface area (Å²) in [5.41, 5.74) is 4.47. The summed E-state index contributed by atoms with van der Waals surface area (Å²) in [4.78, 5) is 36.8. The molecule has 2 amide bonds. The molecule has 8 heteroatoms. The Kier molecular flexibility index (Phi) is 6.65. The van der Waals surface area contributed by atoms with Crippen LogP contribution in [-0.4, -0.2) is 55.0 Å². The van der Waals surface area contributed by atoms with Crippen LogP contribution in [0.15, 0.2) is 48.5 Å². The number of alkyl carbamates (subject to hydrolysis) is 1. The van der Waals surface area contributed by atoms with Gasteiger partial charge in [-0.15, -0.1) is 0 Å². The first-order valence-electron chi connectivity index (χ1n) is 11.1. The van der Waals surface area contributed by atoms with Crippen molar-refractivity contribution in [2.24, 2.45) is 11.8 Å². The number of benzene rings is 2. The number of aliphatic carboxylic acids is 1. The second kappa shape index (κ2) is 9.62. The van der Waals surface area contributed by atoms with Crippen molar-refractivity contribution in [3.05, 3.63) is 59.7 Å². The zero-order valence-electron chi connectivity index (χ0n) is 18.6. The zero-order chi connectivity index (χ0) is 23.5. The molecule has 0 bridgehead atoms. The number of rotatable bonds is 7. The van der Waals surface area contributed by atoms with Crippen LogP contribution in [0.2, 0.25) is 0 Å². The zero-order valence-corrected chi connectivity index (χ0v) is 18.6. The van der Waals surface area contributed by atoms with Crippen LogP contribution in [0.1, 0.15) is 30.9 Å². The highest BCUT2D eigenvalue weighted by Crippen LogP contribution is 2.44. The molecule has 3 atom stereocenters. The Balaban J connectivity index is 1.39. The molecule has 1 heterocycles.